The summed E-state index contributed by atoms with van der Waals surface area (Å²) in [5.74, 6) is 2.40. The van der Waals surface area contributed by atoms with Gasteiger partial charge in [0.1, 0.15) is 6.33 Å². The van der Waals surface area contributed by atoms with E-state index in [4.69, 9.17) is 0 Å². The minimum atomic E-state index is -0.136. The molecule has 144 valence electrons. The van der Waals surface area contributed by atoms with Gasteiger partial charge in [-0.2, -0.15) is 4.80 Å². The molecule has 4 aliphatic rings. The maximum Gasteiger partial charge on any atom is 0.230 e. The number of carbonyl (C=O) groups excluding carboxylic acids is 1. The average molecular weight is 389 g/mol. The Morgan fingerprint density at radius 3 is 2.70 bits per heavy atom. The van der Waals surface area contributed by atoms with Crippen molar-refractivity contribution in [2.24, 2.45) is 18.9 Å². The number of thioether (sulfide) groups is 1. The van der Waals surface area contributed by atoms with Crippen LogP contribution in [-0.2, 0) is 17.4 Å². The van der Waals surface area contributed by atoms with Crippen molar-refractivity contribution >= 4 is 17.7 Å². The number of hydrogen-bond donors (Lipinski definition) is 1. The van der Waals surface area contributed by atoms with Crippen molar-refractivity contribution in [2.75, 3.05) is 5.75 Å². The molecule has 2 aromatic heterocycles. The number of rotatable bonds is 5. The van der Waals surface area contributed by atoms with Crippen LogP contribution in [0.25, 0.3) is 0 Å². The highest BCUT2D eigenvalue weighted by Gasteiger charge is 2.60. The SMILES string of the molecule is Cc1nnn(C23CC4CC(CC(NC(=O)CSc5nncn5C)(C4)C2)C3)n1. The van der Waals surface area contributed by atoms with Crippen LogP contribution >= 0.6 is 11.8 Å². The molecule has 2 aromatic rings. The molecule has 4 aliphatic carbocycles. The summed E-state index contributed by atoms with van der Waals surface area (Å²) in [7, 11) is 1.89. The predicted molar refractivity (Wildman–Crippen MR) is 97.8 cm³/mol. The summed E-state index contributed by atoms with van der Waals surface area (Å²) < 4.78 is 1.83. The molecule has 27 heavy (non-hydrogen) atoms. The number of aromatic nitrogens is 7. The van der Waals surface area contributed by atoms with Crippen molar-refractivity contribution in [1.29, 1.82) is 0 Å². The molecule has 0 aromatic carbocycles. The number of aryl methyl sites for hydroxylation is 2. The first kappa shape index (κ1) is 17.2. The molecule has 4 fully saturated rings. The molecule has 0 spiro atoms. The van der Waals surface area contributed by atoms with E-state index in [2.05, 4.69) is 30.9 Å². The molecule has 1 N–H and O–H groups in total. The van der Waals surface area contributed by atoms with Gasteiger partial charge >= 0.3 is 0 Å². The summed E-state index contributed by atoms with van der Waals surface area (Å²) in [6.07, 6.45) is 8.16. The molecular weight excluding hydrogens is 364 g/mol. The zero-order chi connectivity index (χ0) is 18.6. The van der Waals surface area contributed by atoms with Gasteiger partial charge in [0.2, 0.25) is 5.91 Å². The molecule has 9 nitrogen and oxygen atoms in total. The standard InChI is InChI=1S/C17H24N8OS/c1-11-20-23-25(22-11)17-6-12-3-13(7-17)5-16(4-12,9-17)19-14(26)8-27-15-21-18-10-24(15)2/h10,12-13H,3-9H2,1-2H3,(H,19,26). The highest BCUT2D eigenvalue weighted by atomic mass is 32.2. The lowest BCUT2D eigenvalue weighted by Gasteiger charge is -2.61. The van der Waals surface area contributed by atoms with E-state index in [1.807, 2.05) is 23.3 Å². The third kappa shape index (κ3) is 2.94. The fourth-order valence-corrected chi connectivity index (χ4v) is 6.63. The number of hydrogen-bond acceptors (Lipinski definition) is 7. The number of carbonyl (C=O) groups is 1. The number of nitrogens with zero attached hydrogens (tertiary/aromatic N) is 7. The Bertz CT molecular complexity index is 862. The molecule has 2 unspecified atom stereocenters. The highest BCUT2D eigenvalue weighted by Crippen LogP contribution is 2.60. The van der Waals surface area contributed by atoms with Gasteiger partial charge in [-0.15, -0.1) is 20.4 Å². The molecule has 6 rings (SSSR count). The third-order valence-corrected chi connectivity index (χ3v) is 7.41. The Morgan fingerprint density at radius 2 is 2.07 bits per heavy atom. The van der Waals surface area contributed by atoms with Crippen LogP contribution in [0.15, 0.2) is 11.5 Å². The molecule has 2 atom stereocenters. The van der Waals surface area contributed by atoms with Crippen molar-refractivity contribution < 1.29 is 4.79 Å². The summed E-state index contributed by atoms with van der Waals surface area (Å²) in [6.45, 7) is 1.88. The van der Waals surface area contributed by atoms with Gasteiger partial charge in [0, 0.05) is 12.6 Å². The minimum Gasteiger partial charge on any atom is -0.350 e. The van der Waals surface area contributed by atoms with E-state index in [-0.39, 0.29) is 17.0 Å². The Hall–Kier alpha value is -1.97. The maximum absolute atomic E-state index is 12.7. The second-order valence-electron chi connectivity index (χ2n) is 8.65. The number of amides is 1. The van der Waals surface area contributed by atoms with Gasteiger partial charge in [0.15, 0.2) is 11.0 Å². The number of tetrazole rings is 1. The van der Waals surface area contributed by atoms with Crippen molar-refractivity contribution in [1.82, 2.24) is 40.3 Å². The zero-order valence-corrected chi connectivity index (χ0v) is 16.4. The van der Waals surface area contributed by atoms with E-state index in [1.165, 1.54) is 18.2 Å². The molecule has 10 heteroatoms. The van der Waals surface area contributed by atoms with Crippen molar-refractivity contribution in [3.05, 3.63) is 12.2 Å². The fraction of sp³-hybridized carbons (Fsp3) is 0.765. The van der Waals surface area contributed by atoms with Gasteiger partial charge < -0.3 is 9.88 Å². The lowest BCUT2D eigenvalue weighted by atomic mass is 9.50. The lowest BCUT2D eigenvalue weighted by Crippen LogP contribution is -2.66. The Kier molecular flexibility index (Phi) is 3.82. The average Bonchev–Trinajstić information content (AvgIpc) is 3.20. The first-order valence-electron chi connectivity index (χ1n) is 9.50. The monoisotopic (exact) mass is 388 g/mol. The maximum atomic E-state index is 12.7. The van der Waals surface area contributed by atoms with Crippen molar-refractivity contribution in [3.63, 3.8) is 0 Å². The van der Waals surface area contributed by atoms with Gasteiger partial charge in [-0.3, -0.25) is 4.79 Å². The Morgan fingerprint density at radius 1 is 1.30 bits per heavy atom. The van der Waals surface area contributed by atoms with E-state index >= 15 is 0 Å². The molecule has 0 radical (unpaired) electrons. The minimum absolute atomic E-state index is 0.0721. The van der Waals surface area contributed by atoms with E-state index < -0.39 is 0 Å². The molecule has 0 saturated heterocycles. The second kappa shape index (κ2) is 6.02. The second-order valence-corrected chi connectivity index (χ2v) is 9.60. The van der Waals surface area contributed by atoms with Crippen LogP contribution in [0.5, 0.6) is 0 Å². The first-order chi connectivity index (χ1) is 13.0. The van der Waals surface area contributed by atoms with E-state index in [1.54, 1.807) is 6.33 Å². The predicted octanol–water partition coefficient (Wildman–Crippen LogP) is 1.07. The van der Waals surface area contributed by atoms with Crippen LogP contribution in [-0.4, -0.2) is 52.2 Å². The molecular formula is C17H24N8OS. The van der Waals surface area contributed by atoms with Crippen LogP contribution < -0.4 is 5.32 Å². The fourth-order valence-electron chi connectivity index (χ4n) is 5.94. The van der Waals surface area contributed by atoms with Crippen LogP contribution in [0.1, 0.15) is 44.3 Å². The zero-order valence-electron chi connectivity index (χ0n) is 15.6. The molecule has 4 bridgehead atoms. The number of nitrogens with one attached hydrogen (secondary N) is 1. The lowest BCUT2D eigenvalue weighted by molar-refractivity contribution is -0.129. The summed E-state index contributed by atoms with van der Waals surface area (Å²) in [6, 6.07) is 0. The van der Waals surface area contributed by atoms with Gasteiger partial charge in [0.25, 0.3) is 0 Å². The quantitative estimate of drug-likeness (QED) is 0.764. The van der Waals surface area contributed by atoms with Crippen LogP contribution in [0.4, 0.5) is 0 Å². The highest BCUT2D eigenvalue weighted by molar-refractivity contribution is 7.99. The van der Waals surface area contributed by atoms with E-state index in [0.29, 0.717) is 23.4 Å². The topological polar surface area (TPSA) is 103 Å². The van der Waals surface area contributed by atoms with E-state index in [9.17, 15) is 4.79 Å². The van der Waals surface area contributed by atoms with Crippen molar-refractivity contribution in [2.45, 2.75) is 61.7 Å². The van der Waals surface area contributed by atoms with Gasteiger partial charge in [-0.05, 0) is 62.5 Å². The normalized spacial score (nSPS) is 34.1. The summed E-state index contributed by atoms with van der Waals surface area (Å²) in [5.41, 5.74) is -0.224. The Balaban J connectivity index is 1.33. The molecule has 0 aliphatic heterocycles. The van der Waals surface area contributed by atoms with E-state index in [0.717, 1.165) is 37.3 Å². The third-order valence-electron chi connectivity index (χ3n) is 6.37. The smallest absolute Gasteiger partial charge is 0.230 e. The summed E-state index contributed by atoms with van der Waals surface area (Å²) in [4.78, 5) is 14.6. The Labute approximate surface area is 161 Å². The largest absolute Gasteiger partial charge is 0.350 e. The van der Waals surface area contributed by atoms with Crippen molar-refractivity contribution in [3.8, 4) is 0 Å². The molecule has 2 heterocycles. The van der Waals surface area contributed by atoms with Crippen LogP contribution in [0, 0.1) is 18.8 Å². The molecule has 4 saturated carbocycles. The van der Waals surface area contributed by atoms with Crippen LogP contribution in [0.3, 0.4) is 0 Å². The summed E-state index contributed by atoms with van der Waals surface area (Å²) in [5, 5.41) is 25.0. The summed E-state index contributed by atoms with van der Waals surface area (Å²) >= 11 is 1.43. The van der Waals surface area contributed by atoms with Gasteiger partial charge in [-0.1, -0.05) is 11.8 Å². The van der Waals surface area contributed by atoms with Gasteiger partial charge in [-0.25, -0.2) is 0 Å². The first-order valence-corrected chi connectivity index (χ1v) is 10.5. The van der Waals surface area contributed by atoms with Crippen LogP contribution in [0.2, 0.25) is 0 Å². The van der Waals surface area contributed by atoms with Gasteiger partial charge in [0.05, 0.1) is 11.3 Å². The molecule has 1 amide bonds.